The summed E-state index contributed by atoms with van der Waals surface area (Å²) in [6.45, 7) is 0. The van der Waals surface area contributed by atoms with Gasteiger partial charge in [-0.1, -0.05) is 0 Å². The van der Waals surface area contributed by atoms with Crippen molar-refractivity contribution in [3.63, 3.8) is 0 Å². The number of halogens is 1. The normalized spacial score (nSPS) is 22.4. The van der Waals surface area contributed by atoms with Crippen LogP contribution in [-0.2, 0) is 9.84 Å². The summed E-state index contributed by atoms with van der Waals surface area (Å²) in [7, 11) is -1.52. The molecule has 0 spiro atoms. The molecule has 1 aliphatic rings. The van der Waals surface area contributed by atoms with Gasteiger partial charge in [0.2, 0.25) is 0 Å². The Labute approximate surface area is 99.7 Å². The molecule has 0 saturated carbocycles. The Kier molecular flexibility index (Phi) is 3.24. The van der Waals surface area contributed by atoms with E-state index in [-0.39, 0.29) is 23.3 Å². The molecular weight excluding hydrogens is 245 g/mol. The van der Waals surface area contributed by atoms with Gasteiger partial charge >= 0.3 is 0 Å². The van der Waals surface area contributed by atoms with Crippen molar-refractivity contribution in [2.24, 2.45) is 0 Å². The Morgan fingerprint density at radius 2 is 2.24 bits per heavy atom. The summed E-state index contributed by atoms with van der Waals surface area (Å²) in [5.41, 5.74) is 0.574. The van der Waals surface area contributed by atoms with E-state index >= 15 is 0 Å². The van der Waals surface area contributed by atoms with Gasteiger partial charge in [0.1, 0.15) is 0 Å². The van der Waals surface area contributed by atoms with Crippen LogP contribution in [0.5, 0.6) is 5.75 Å². The Hall–Kier alpha value is -1.30. The lowest BCUT2D eigenvalue weighted by molar-refractivity contribution is 0.386. The molecule has 1 aromatic carbocycles. The maximum Gasteiger partial charge on any atom is 0.167 e. The fourth-order valence-corrected chi connectivity index (χ4v) is 3.57. The van der Waals surface area contributed by atoms with Crippen molar-refractivity contribution in [1.29, 1.82) is 0 Å². The van der Waals surface area contributed by atoms with Crippen LogP contribution >= 0.6 is 0 Å². The third-order valence-electron chi connectivity index (χ3n) is 2.76. The van der Waals surface area contributed by atoms with Crippen LogP contribution in [0.25, 0.3) is 0 Å². The number of anilines is 1. The van der Waals surface area contributed by atoms with E-state index in [1.54, 1.807) is 6.07 Å². The second kappa shape index (κ2) is 4.52. The number of rotatable bonds is 3. The van der Waals surface area contributed by atoms with E-state index in [1.165, 1.54) is 19.2 Å². The molecule has 94 valence electrons. The Morgan fingerprint density at radius 1 is 1.47 bits per heavy atom. The van der Waals surface area contributed by atoms with Gasteiger partial charge in [-0.15, -0.1) is 0 Å². The Balaban J connectivity index is 2.07. The van der Waals surface area contributed by atoms with Gasteiger partial charge in [0.05, 0.1) is 18.6 Å². The van der Waals surface area contributed by atoms with Gasteiger partial charge in [0.15, 0.2) is 21.4 Å². The first-order valence-corrected chi connectivity index (χ1v) is 7.13. The molecular formula is C11H14FNO3S. The van der Waals surface area contributed by atoms with Gasteiger partial charge in [-0.2, -0.15) is 0 Å². The van der Waals surface area contributed by atoms with E-state index in [9.17, 15) is 12.8 Å². The molecule has 1 unspecified atom stereocenters. The predicted molar refractivity (Wildman–Crippen MR) is 63.6 cm³/mol. The zero-order valence-electron chi connectivity index (χ0n) is 9.44. The van der Waals surface area contributed by atoms with Crippen molar-refractivity contribution >= 4 is 15.5 Å². The van der Waals surface area contributed by atoms with Crippen molar-refractivity contribution in [2.75, 3.05) is 23.9 Å². The molecule has 1 aliphatic heterocycles. The summed E-state index contributed by atoms with van der Waals surface area (Å²) < 4.78 is 40.7. The number of nitrogens with one attached hydrogen (secondary N) is 1. The molecule has 1 saturated heterocycles. The predicted octanol–water partition coefficient (Wildman–Crippen LogP) is 1.43. The van der Waals surface area contributed by atoms with E-state index in [4.69, 9.17) is 4.74 Å². The minimum Gasteiger partial charge on any atom is -0.494 e. The third kappa shape index (κ3) is 2.88. The molecule has 4 nitrogen and oxygen atoms in total. The Morgan fingerprint density at radius 3 is 2.76 bits per heavy atom. The van der Waals surface area contributed by atoms with Crippen molar-refractivity contribution in [3.05, 3.63) is 24.0 Å². The van der Waals surface area contributed by atoms with Crippen LogP contribution in [0, 0.1) is 5.82 Å². The molecule has 1 aromatic rings. The van der Waals surface area contributed by atoms with Gasteiger partial charge in [-0.25, -0.2) is 12.8 Å². The first-order chi connectivity index (χ1) is 8.00. The molecule has 1 atom stereocenters. The molecule has 0 bridgehead atoms. The SMILES string of the molecule is COc1ccc(NC2CCS(=O)(=O)C2)cc1F. The monoisotopic (exact) mass is 259 g/mol. The fourth-order valence-electron chi connectivity index (χ4n) is 1.90. The molecule has 17 heavy (non-hydrogen) atoms. The molecule has 1 heterocycles. The standard InChI is InChI=1S/C11H14FNO3S/c1-16-11-3-2-8(6-10(11)12)13-9-4-5-17(14,15)7-9/h2-3,6,9,13H,4-5,7H2,1H3. The largest absolute Gasteiger partial charge is 0.494 e. The highest BCUT2D eigenvalue weighted by Gasteiger charge is 2.27. The molecule has 1 N–H and O–H groups in total. The zero-order valence-corrected chi connectivity index (χ0v) is 10.3. The molecule has 0 aromatic heterocycles. The van der Waals surface area contributed by atoms with E-state index in [0.29, 0.717) is 12.1 Å². The average Bonchev–Trinajstić information content (AvgIpc) is 2.58. The number of sulfone groups is 1. The van der Waals surface area contributed by atoms with Crippen molar-refractivity contribution in [1.82, 2.24) is 0 Å². The molecule has 2 rings (SSSR count). The van der Waals surface area contributed by atoms with Crippen molar-refractivity contribution in [3.8, 4) is 5.75 Å². The molecule has 0 aliphatic carbocycles. The minimum absolute atomic E-state index is 0.112. The van der Waals surface area contributed by atoms with Gasteiger partial charge in [-0.05, 0) is 18.6 Å². The minimum atomic E-state index is -2.92. The number of hydrogen-bond donors (Lipinski definition) is 1. The first-order valence-electron chi connectivity index (χ1n) is 5.31. The van der Waals surface area contributed by atoms with Gasteiger partial charge < -0.3 is 10.1 Å². The smallest absolute Gasteiger partial charge is 0.167 e. The Bertz CT molecular complexity index is 515. The second-order valence-electron chi connectivity index (χ2n) is 4.09. The third-order valence-corrected chi connectivity index (χ3v) is 4.52. The topological polar surface area (TPSA) is 55.4 Å². The quantitative estimate of drug-likeness (QED) is 0.892. The highest BCUT2D eigenvalue weighted by Crippen LogP contribution is 2.23. The van der Waals surface area contributed by atoms with Crippen LogP contribution in [0.4, 0.5) is 10.1 Å². The number of ether oxygens (including phenoxy) is 1. The lowest BCUT2D eigenvalue weighted by atomic mass is 10.2. The van der Waals surface area contributed by atoms with Gasteiger partial charge in [0.25, 0.3) is 0 Å². The molecule has 6 heteroatoms. The summed E-state index contributed by atoms with van der Waals surface area (Å²) in [6, 6.07) is 4.37. The fraction of sp³-hybridized carbons (Fsp3) is 0.455. The van der Waals surface area contributed by atoms with Crippen LogP contribution in [0.2, 0.25) is 0 Å². The maximum atomic E-state index is 13.4. The zero-order chi connectivity index (χ0) is 12.5. The lowest BCUT2D eigenvalue weighted by Crippen LogP contribution is -2.20. The second-order valence-corrected chi connectivity index (χ2v) is 6.32. The van der Waals surface area contributed by atoms with Crippen LogP contribution in [0.1, 0.15) is 6.42 Å². The van der Waals surface area contributed by atoms with Crippen molar-refractivity contribution < 1.29 is 17.5 Å². The van der Waals surface area contributed by atoms with E-state index in [1.807, 2.05) is 0 Å². The highest BCUT2D eigenvalue weighted by molar-refractivity contribution is 7.91. The van der Waals surface area contributed by atoms with E-state index in [0.717, 1.165) is 0 Å². The maximum absolute atomic E-state index is 13.4. The van der Waals surface area contributed by atoms with Gasteiger partial charge in [0, 0.05) is 17.8 Å². The van der Waals surface area contributed by atoms with Crippen LogP contribution in [0.15, 0.2) is 18.2 Å². The summed E-state index contributed by atoms with van der Waals surface area (Å²) in [4.78, 5) is 0. The van der Waals surface area contributed by atoms with Crippen LogP contribution < -0.4 is 10.1 Å². The highest BCUT2D eigenvalue weighted by atomic mass is 32.2. The van der Waals surface area contributed by atoms with E-state index < -0.39 is 15.7 Å². The summed E-state index contributed by atoms with van der Waals surface area (Å²) in [5, 5.41) is 3.01. The van der Waals surface area contributed by atoms with Gasteiger partial charge in [-0.3, -0.25) is 0 Å². The molecule has 0 radical (unpaired) electrons. The number of benzene rings is 1. The summed E-state index contributed by atoms with van der Waals surface area (Å²) in [5.74, 6) is 0.0252. The number of methoxy groups -OCH3 is 1. The summed E-state index contributed by atoms with van der Waals surface area (Å²) >= 11 is 0. The molecule has 1 fully saturated rings. The summed E-state index contributed by atoms with van der Waals surface area (Å²) in [6.07, 6.45) is 0.565. The average molecular weight is 259 g/mol. The molecule has 0 amide bonds. The van der Waals surface area contributed by atoms with Crippen LogP contribution in [-0.4, -0.2) is 33.1 Å². The lowest BCUT2D eigenvalue weighted by Gasteiger charge is -2.13. The van der Waals surface area contributed by atoms with Crippen molar-refractivity contribution in [2.45, 2.75) is 12.5 Å². The first kappa shape index (κ1) is 12.2. The van der Waals surface area contributed by atoms with Crippen LogP contribution in [0.3, 0.4) is 0 Å². The number of hydrogen-bond acceptors (Lipinski definition) is 4. The van der Waals surface area contributed by atoms with E-state index in [2.05, 4.69) is 5.32 Å².